The largest absolute Gasteiger partial charge is 0.197 e. The zero-order valence-corrected chi connectivity index (χ0v) is 9.59. The monoisotopic (exact) mass is 243 g/mol. The molecular weight excluding hydrogens is 237 g/mol. The molecule has 1 nitrogen and oxygen atoms in total. The number of halogens is 2. The summed E-state index contributed by atoms with van der Waals surface area (Å²) >= 11 is 13.3. The van der Waals surface area contributed by atoms with Gasteiger partial charge in [-0.05, 0) is 31.0 Å². The van der Waals surface area contributed by atoms with Crippen molar-refractivity contribution < 1.29 is 0 Å². The van der Waals surface area contributed by atoms with E-state index in [9.17, 15) is 0 Å². The summed E-state index contributed by atoms with van der Waals surface area (Å²) in [7, 11) is 0. The predicted octanol–water partition coefficient (Wildman–Crippen LogP) is 4.14. The van der Waals surface area contributed by atoms with Crippen LogP contribution in [0, 0.1) is 11.3 Å². The van der Waals surface area contributed by atoms with E-state index in [1.54, 1.807) is 23.9 Å². The molecule has 2 rings (SSSR count). The Morgan fingerprint density at radius 1 is 1.36 bits per heavy atom. The van der Waals surface area contributed by atoms with Gasteiger partial charge in [0.15, 0.2) is 0 Å². The lowest BCUT2D eigenvalue weighted by Crippen LogP contribution is -1.96. The second kappa shape index (κ2) is 3.66. The Balaban J connectivity index is 2.22. The molecule has 72 valence electrons. The standard InChI is InChI=1S/C10H7Cl2NS/c11-7-1-2-9(8(12)5-7)14-10(6-13)3-4-10/h1-2,5H,3-4H2. The summed E-state index contributed by atoms with van der Waals surface area (Å²) in [6, 6.07) is 7.68. The van der Waals surface area contributed by atoms with Gasteiger partial charge in [-0.3, -0.25) is 0 Å². The lowest BCUT2D eigenvalue weighted by atomic mass is 10.4. The van der Waals surface area contributed by atoms with Crippen molar-refractivity contribution in [2.24, 2.45) is 0 Å². The van der Waals surface area contributed by atoms with Gasteiger partial charge in [0.05, 0.1) is 11.1 Å². The Labute approximate surface area is 97.0 Å². The summed E-state index contributed by atoms with van der Waals surface area (Å²) in [5, 5.41) is 10.2. The van der Waals surface area contributed by atoms with Crippen molar-refractivity contribution in [2.75, 3.05) is 0 Å². The number of nitriles is 1. The summed E-state index contributed by atoms with van der Waals surface area (Å²) in [4.78, 5) is 0.940. The van der Waals surface area contributed by atoms with Crippen LogP contribution in [0.15, 0.2) is 23.1 Å². The van der Waals surface area contributed by atoms with E-state index < -0.39 is 0 Å². The van der Waals surface area contributed by atoms with Crippen LogP contribution in [0.1, 0.15) is 12.8 Å². The lowest BCUT2D eigenvalue weighted by molar-refractivity contribution is 1.19. The Hall–Kier alpha value is -0.360. The summed E-state index contributed by atoms with van der Waals surface area (Å²) < 4.78 is -0.225. The van der Waals surface area contributed by atoms with E-state index in [2.05, 4.69) is 6.07 Å². The fraction of sp³-hybridized carbons (Fsp3) is 0.300. The van der Waals surface area contributed by atoms with Crippen LogP contribution < -0.4 is 0 Å². The minimum Gasteiger partial charge on any atom is -0.197 e. The molecule has 0 atom stereocenters. The van der Waals surface area contributed by atoms with Crippen LogP contribution in [0.2, 0.25) is 10.0 Å². The second-order valence-electron chi connectivity index (χ2n) is 3.28. The number of nitrogens with zero attached hydrogens (tertiary/aromatic N) is 1. The fourth-order valence-electron chi connectivity index (χ4n) is 1.12. The molecule has 0 aromatic heterocycles. The number of benzene rings is 1. The van der Waals surface area contributed by atoms with E-state index in [4.69, 9.17) is 28.5 Å². The average Bonchev–Trinajstić information content (AvgIpc) is 2.91. The minimum atomic E-state index is -0.225. The summed E-state index contributed by atoms with van der Waals surface area (Å²) in [5.74, 6) is 0. The lowest BCUT2D eigenvalue weighted by Gasteiger charge is -2.07. The smallest absolute Gasteiger partial charge is 0.107 e. The highest BCUT2D eigenvalue weighted by atomic mass is 35.5. The molecule has 1 fully saturated rings. The first-order valence-electron chi connectivity index (χ1n) is 4.20. The molecule has 1 saturated carbocycles. The third kappa shape index (κ3) is 2.00. The summed E-state index contributed by atoms with van der Waals surface area (Å²) in [6.45, 7) is 0. The highest BCUT2D eigenvalue weighted by Gasteiger charge is 2.44. The van der Waals surface area contributed by atoms with Crippen LogP contribution in [-0.4, -0.2) is 4.75 Å². The van der Waals surface area contributed by atoms with Crippen LogP contribution in [0.25, 0.3) is 0 Å². The Kier molecular flexibility index (Phi) is 2.66. The molecule has 0 saturated heterocycles. The first kappa shape index (κ1) is 10.2. The zero-order valence-electron chi connectivity index (χ0n) is 7.26. The van der Waals surface area contributed by atoms with Gasteiger partial charge < -0.3 is 0 Å². The number of rotatable bonds is 2. The highest BCUT2D eigenvalue weighted by molar-refractivity contribution is 8.01. The number of thioether (sulfide) groups is 1. The van der Waals surface area contributed by atoms with Gasteiger partial charge >= 0.3 is 0 Å². The molecule has 1 aromatic rings. The van der Waals surface area contributed by atoms with E-state index >= 15 is 0 Å². The van der Waals surface area contributed by atoms with Crippen molar-refractivity contribution in [1.29, 1.82) is 5.26 Å². The van der Waals surface area contributed by atoms with E-state index in [1.807, 2.05) is 6.07 Å². The fourth-order valence-corrected chi connectivity index (χ4v) is 2.71. The van der Waals surface area contributed by atoms with Gasteiger partial charge in [0.25, 0.3) is 0 Å². The van der Waals surface area contributed by atoms with E-state index in [0.29, 0.717) is 10.0 Å². The van der Waals surface area contributed by atoms with Gasteiger partial charge in [-0.15, -0.1) is 11.8 Å². The van der Waals surface area contributed by atoms with Gasteiger partial charge in [-0.25, -0.2) is 0 Å². The predicted molar refractivity (Wildman–Crippen MR) is 59.9 cm³/mol. The maximum absolute atomic E-state index is 8.92. The van der Waals surface area contributed by atoms with Crippen LogP contribution in [-0.2, 0) is 0 Å². The van der Waals surface area contributed by atoms with Crippen molar-refractivity contribution in [3.63, 3.8) is 0 Å². The first-order chi connectivity index (χ1) is 6.65. The molecular formula is C10H7Cl2NS. The molecule has 0 heterocycles. The van der Waals surface area contributed by atoms with Crippen molar-refractivity contribution >= 4 is 35.0 Å². The van der Waals surface area contributed by atoms with Gasteiger partial charge in [0, 0.05) is 9.92 Å². The second-order valence-corrected chi connectivity index (χ2v) is 5.55. The molecule has 1 aromatic carbocycles. The SMILES string of the molecule is N#CC1(Sc2ccc(Cl)cc2Cl)CC1. The molecule has 0 bridgehead atoms. The zero-order chi connectivity index (χ0) is 10.2. The topological polar surface area (TPSA) is 23.8 Å². The molecule has 0 amide bonds. The van der Waals surface area contributed by atoms with E-state index in [1.165, 1.54) is 0 Å². The molecule has 0 aliphatic heterocycles. The van der Waals surface area contributed by atoms with Crippen LogP contribution in [0.3, 0.4) is 0 Å². The van der Waals surface area contributed by atoms with Crippen molar-refractivity contribution in [2.45, 2.75) is 22.5 Å². The molecule has 0 unspecified atom stereocenters. The molecule has 4 heteroatoms. The molecule has 0 N–H and O–H groups in total. The summed E-state index contributed by atoms with van der Waals surface area (Å²) in [5.41, 5.74) is 0. The summed E-state index contributed by atoms with van der Waals surface area (Å²) in [6.07, 6.45) is 1.90. The Morgan fingerprint density at radius 3 is 2.57 bits per heavy atom. The van der Waals surface area contributed by atoms with Gasteiger partial charge in [-0.1, -0.05) is 23.2 Å². The minimum absolute atomic E-state index is 0.225. The van der Waals surface area contributed by atoms with Crippen molar-refractivity contribution in [3.05, 3.63) is 28.2 Å². The van der Waals surface area contributed by atoms with Crippen molar-refractivity contribution in [3.8, 4) is 6.07 Å². The molecule has 0 spiro atoms. The Morgan fingerprint density at radius 2 is 2.07 bits per heavy atom. The molecule has 1 aliphatic rings. The Bertz CT molecular complexity index is 407. The number of hydrogen-bond acceptors (Lipinski definition) is 2. The van der Waals surface area contributed by atoms with Crippen LogP contribution >= 0.6 is 35.0 Å². The van der Waals surface area contributed by atoms with Gasteiger partial charge in [0.2, 0.25) is 0 Å². The molecule has 14 heavy (non-hydrogen) atoms. The highest BCUT2D eigenvalue weighted by Crippen LogP contribution is 2.52. The van der Waals surface area contributed by atoms with Crippen molar-refractivity contribution in [1.82, 2.24) is 0 Å². The number of hydrogen-bond donors (Lipinski definition) is 0. The normalized spacial score (nSPS) is 17.5. The van der Waals surface area contributed by atoms with Crippen LogP contribution in [0.5, 0.6) is 0 Å². The van der Waals surface area contributed by atoms with E-state index in [-0.39, 0.29) is 4.75 Å². The molecule has 1 aliphatic carbocycles. The maximum Gasteiger partial charge on any atom is 0.107 e. The van der Waals surface area contributed by atoms with E-state index in [0.717, 1.165) is 17.7 Å². The third-order valence-electron chi connectivity index (χ3n) is 2.11. The first-order valence-corrected chi connectivity index (χ1v) is 5.78. The average molecular weight is 244 g/mol. The van der Waals surface area contributed by atoms with Gasteiger partial charge in [-0.2, -0.15) is 5.26 Å². The molecule has 0 radical (unpaired) electrons. The quantitative estimate of drug-likeness (QED) is 0.780. The van der Waals surface area contributed by atoms with Crippen LogP contribution in [0.4, 0.5) is 0 Å². The van der Waals surface area contributed by atoms with Gasteiger partial charge in [0.1, 0.15) is 4.75 Å². The third-order valence-corrected chi connectivity index (χ3v) is 4.23. The maximum atomic E-state index is 8.92.